The summed E-state index contributed by atoms with van der Waals surface area (Å²) in [6.45, 7) is 5.88. The Bertz CT molecular complexity index is 506. The molecule has 1 aromatic rings. The van der Waals surface area contributed by atoms with Gasteiger partial charge in [-0.05, 0) is 51.3 Å². The van der Waals surface area contributed by atoms with E-state index in [9.17, 15) is 8.42 Å². The second-order valence-electron chi connectivity index (χ2n) is 5.67. The minimum atomic E-state index is -3.26. The highest BCUT2D eigenvalue weighted by molar-refractivity contribution is 7.90. The van der Waals surface area contributed by atoms with E-state index in [0.29, 0.717) is 6.54 Å². The van der Waals surface area contributed by atoms with Crippen molar-refractivity contribution in [3.63, 3.8) is 0 Å². The van der Waals surface area contributed by atoms with Gasteiger partial charge in [-0.25, -0.2) is 8.42 Å². The zero-order valence-corrected chi connectivity index (χ0v) is 11.9. The van der Waals surface area contributed by atoms with Crippen molar-refractivity contribution in [2.75, 3.05) is 6.54 Å². The van der Waals surface area contributed by atoms with Crippen LogP contribution in [0, 0.1) is 0 Å². The molecule has 0 N–H and O–H groups in total. The first-order valence-electron chi connectivity index (χ1n) is 6.25. The van der Waals surface area contributed by atoms with E-state index in [1.54, 1.807) is 37.5 Å². The molecular weight excluding hydrogens is 248 g/mol. The van der Waals surface area contributed by atoms with Crippen LogP contribution in [0.15, 0.2) is 24.5 Å². The van der Waals surface area contributed by atoms with Gasteiger partial charge in [-0.1, -0.05) is 0 Å². The van der Waals surface area contributed by atoms with E-state index in [4.69, 9.17) is 0 Å². The Hall–Kier alpha value is -0.940. The lowest BCUT2D eigenvalue weighted by atomic mass is 10.1. The molecular formula is C13H20N2O2S. The van der Waals surface area contributed by atoms with Gasteiger partial charge >= 0.3 is 0 Å². The van der Waals surface area contributed by atoms with Crippen LogP contribution in [0.4, 0.5) is 0 Å². The average Bonchev–Trinajstić information content (AvgIpc) is 2.78. The van der Waals surface area contributed by atoms with Gasteiger partial charge in [0.2, 0.25) is 10.0 Å². The van der Waals surface area contributed by atoms with Gasteiger partial charge in [0.15, 0.2) is 0 Å². The maximum absolute atomic E-state index is 12.5. The molecule has 2 rings (SSSR count). The molecule has 0 aromatic carbocycles. The molecule has 0 spiro atoms. The van der Waals surface area contributed by atoms with Crippen LogP contribution in [0.3, 0.4) is 0 Å². The molecule has 1 atom stereocenters. The SMILES string of the molecule is CC(C)(C)S(=O)(=O)N1CCC[C@H]1c1ccncc1. The van der Waals surface area contributed by atoms with Crippen LogP contribution >= 0.6 is 0 Å². The molecule has 4 nitrogen and oxygen atoms in total. The number of hydrogen-bond donors (Lipinski definition) is 0. The van der Waals surface area contributed by atoms with E-state index >= 15 is 0 Å². The van der Waals surface area contributed by atoms with E-state index in [1.807, 2.05) is 12.1 Å². The first kappa shape index (κ1) is 13.5. The molecule has 0 unspecified atom stereocenters. The Balaban J connectivity index is 2.35. The van der Waals surface area contributed by atoms with E-state index in [2.05, 4.69) is 4.98 Å². The number of sulfonamides is 1. The third-order valence-electron chi connectivity index (χ3n) is 3.38. The Morgan fingerprint density at radius 1 is 1.28 bits per heavy atom. The van der Waals surface area contributed by atoms with Crippen LogP contribution in [0.5, 0.6) is 0 Å². The molecule has 0 amide bonds. The Morgan fingerprint density at radius 3 is 2.44 bits per heavy atom. The van der Waals surface area contributed by atoms with Crippen LogP contribution in [-0.2, 0) is 10.0 Å². The van der Waals surface area contributed by atoms with Crippen LogP contribution in [0.25, 0.3) is 0 Å². The summed E-state index contributed by atoms with van der Waals surface area (Å²) in [6, 6.07) is 3.78. The summed E-state index contributed by atoms with van der Waals surface area (Å²) in [4.78, 5) is 3.98. The Kier molecular flexibility index (Phi) is 3.47. The third kappa shape index (κ3) is 2.29. The molecule has 0 bridgehead atoms. The fraction of sp³-hybridized carbons (Fsp3) is 0.615. The second-order valence-corrected chi connectivity index (χ2v) is 8.31. The van der Waals surface area contributed by atoms with Crippen molar-refractivity contribution in [1.82, 2.24) is 9.29 Å². The molecule has 100 valence electrons. The average molecular weight is 268 g/mol. The van der Waals surface area contributed by atoms with Crippen molar-refractivity contribution >= 4 is 10.0 Å². The van der Waals surface area contributed by atoms with Gasteiger partial charge in [0.05, 0.1) is 4.75 Å². The van der Waals surface area contributed by atoms with Crippen molar-refractivity contribution in [2.24, 2.45) is 0 Å². The monoisotopic (exact) mass is 268 g/mol. The van der Waals surface area contributed by atoms with Gasteiger partial charge < -0.3 is 0 Å². The Morgan fingerprint density at radius 2 is 1.89 bits per heavy atom. The zero-order valence-electron chi connectivity index (χ0n) is 11.1. The van der Waals surface area contributed by atoms with Crippen molar-refractivity contribution in [2.45, 2.75) is 44.4 Å². The summed E-state index contributed by atoms with van der Waals surface area (Å²) in [5.74, 6) is 0. The minimum Gasteiger partial charge on any atom is -0.265 e. The van der Waals surface area contributed by atoms with Crippen molar-refractivity contribution in [1.29, 1.82) is 0 Å². The smallest absolute Gasteiger partial charge is 0.219 e. The zero-order chi connectivity index (χ0) is 13.4. The fourth-order valence-corrected chi connectivity index (χ4v) is 3.93. The maximum atomic E-state index is 12.5. The standard InChI is InChI=1S/C13H20N2O2S/c1-13(2,3)18(16,17)15-10-4-5-12(15)11-6-8-14-9-7-11/h6-9,12H,4-5,10H2,1-3H3/t12-/m0/s1. The predicted molar refractivity (Wildman–Crippen MR) is 71.6 cm³/mol. The summed E-state index contributed by atoms with van der Waals surface area (Å²) < 4.78 is 26.0. The van der Waals surface area contributed by atoms with Crippen molar-refractivity contribution in [3.8, 4) is 0 Å². The lowest BCUT2D eigenvalue weighted by Gasteiger charge is -2.31. The third-order valence-corrected chi connectivity index (χ3v) is 5.98. The van der Waals surface area contributed by atoms with Gasteiger partial charge in [0, 0.05) is 25.0 Å². The first-order chi connectivity index (χ1) is 8.34. The highest BCUT2D eigenvalue weighted by atomic mass is 32.2. The quantitative estimate of drug-likeness (QED) is 0.827. The first-order valence-corrected chi connectivity index (χ1v) is 7.69. The molecule has 1 aliphatic heterocycles. The molecule has 2 heterocycles. The topological polar surface area (TPSA) is 50.3 Å². The molecule has 0 aliphatic carbocycles. The van der Waals surface area contributed by atoms with E-state index < -0.39 is 14.8 Å². The van der Waals surface area contributed by atoms with Gasteiger partial charge in [0.25, 0.3) is 0 Å². The molecule has 0 radical (unpaired) electrons. The number of hydrogen-bond acceptors (Lipinski definition) is 3. The lowest BCUT2D eigenvalue weighted by molar-refractivity contribution is 0.381. The minimum absolute atomic E-state index is 0.0303. The number of aromatic nitrogens is 1. The Labute approximate surface area is 109 Å². The van der Waals surface area contributed by atoms with Gasteiger partial charge in [-0.15, -0.1) is 0 Å². The number of pyridine rings is 1. The largest absolute Gasteiger partial charge is 0.265 e. The van der Waals surface area contributed by atoms with E-state index in [0.717, 1.165) is 18.4 Å². The molecule has 0 saturated carbocycles. The van der Waals surface area contributed by atoms with E-state index in [-0.39, 0.29) is 6.04 Å². The number of nitrogens with zero attached hydrogens (tertiary/aromatic N) is 2. The van der Waals surface area contributed by atoms with Crippen molar-refractivity contribution < 1.29 is 8.42 Å². The summed E-state index contributed by atoms with van der Waals surface area (Å²) >= 11 is 0. The fourth-order valence-electron chi connectivity index (χ4n) is 2.30. The van der Waals surface area contributed by atoms with Crippen LogP contribution < -0.4 is 0 Å². The maximum Gasteiger partial charge on any atom is 0.219 e. The van der Waals surface area contributed by atoms with Gasteiger partial charge in [0.1, 0.15) is 0 Å². The predicted octanol–water partition coefficient (Wildman–Crippen LogP) is 2.35. The highest BCUT2D eigenvalue weighted by Crippen LogP contribution is 2.37. The molecule has 18 heavy (non-hydrogen) atoms. The molecule has 1 aromatic heterocycles. The normalized spacial score (nSPS) is 22.3. The van der Waals surface area contributed by atoms with Crippen molar-refractivity contribution in [3.05, 3.63) is 30.1 Å². The second kappa shape index (κ2) is 4.63. The van der Waals surface area contributed by atoms with E-state index in [1.165, 1.54) is 0 Å². The van der Waals surface area contributed by atoms with Gasteiger partial charge in [-0.2, -0.15) is 4.31 Å². The van der Waals surface area contributed by atoms with Crippen LogP contribution in [0.2, 0.25) is 0 Å². The number of rotatable bonds is 2. The highest BCUT2D eigenvalue weighted by Gasteiger charge is 2.41. The summed E-state index contributed by atoms with van der Waals surface area (Å²) in [6.07, 6.45) is 5.24. The molecule has 1 aliphatic rings. The lowest BCUT2D eigenvalue weighted by Crippen LogP contribution is -2.42. The van der Waals surface area contributed by atoms with Gasteiger partial charge in [-0.3, -0.25) is 4.98 Å². The summed E-state index contributed by atoms with van der Waals surface area (Å²) in [7, 11) is -3.26. The summed E-state index contributed by atoms with van der Waals surface area (Å²) in [5.41, 5.74) is 1.04. The van der Waals surface area contributed by atoms with Crippen LogP contribution in [0.1, 0.15) is 45.2 Å². The molecule has 5 heteroatoms. The molecule has 1 saturated heterocycles. The summed E-state index contributed by atoms with van der Waals surface area (Å²) in [5, 5.41) is 0. The van der Waals surface area contributed by atoms with Crippen LogP contribution in [-0.4, -0.2) is 29.0 Å². The molecule has 1 fully saturated rings.